The Morgan fingerprint density at radius 1 is 1.33 bits per heavy atom. The fourth-order valence-electron chi connectivity index (χ4n) is 0.881. The highest BCUT2D eigenvalue weighted by Crippen LogP contribution is 2.03. The standard InChI is InChI=1S/C8H11N3O4/c12-3-5(4-13)9-7-2-1-6(8(14)15)10-11-7/h1-2,5,12-13H,3-4H2,(H,9,11)(H,14,15). The van der Waals surface area contributed by atoms with Crippen molar-refractivity contribution in [3.8, 4) is 0 Å². The van der Waals surface area contributed by atoms with Gasteiger partial charge in [0.2, 0.25) is 0 Å². The molecule has 1 rings (SSSR count). The topological polar surface area (TPSA) is 116 Å². The summed E-state index contributed by atoms with van der Waals surface area (Å²) in [6.45, 7) is -0.502. The van der Waals surface area contributed by atoms with Crippen LogP contribution in [-0.4, -0.2) is 50.7 Å². The molecule has 0 aliphatic carbocycles. The maximum atomic E-state index is 10.4. The molecule has 0 aliphatic rings. The predicted octanol–water partition coefficient (Wildman–Crippen LogP) is -1.06. The third kappa shape index (κ3) is 3.15. The number of carbonyl (C=O) groups is 1. The summed E-state index contributed by atoms with van der Waals surface area (Å²) in [5, 5.41) is 35.8. The number of carboxylic acids is 1. The van der Waals surface area contributed by atoms with E-state index in [1.807, 2.05) is 0 Å². The highest BCUT2D eigenvalue weighted by atomic mass is 16.4. The lowest BCUT2D eigenvalue weighted by Gasteiger charge is -2.12. The van der Waals surface area contributed by atoms with Crippen LogP contribution >= 0.6 is 0 Å². The molecule has 0 aromatic carbocycles. The minimum absolute atomic E-state index is 0.162. The van der Waals surface area contributed by atoms with Crippen LogP contribution < -0.4 is 5.32 Å². The van der Waals surface area contributed by atoms with Crippen molar-refractivity contribution < 1.29 is 20.1 Å². The van der Waals surface area contributed by atoms with Crippen molar-refractivity contribution in [2.75, 3.05) is 18.5 Å². The first kappa shape index (κ1) is 11.3. The number of aliphatic hydroxyl groups is 2. The van der Waals surface area contributed by atoms with Gasteiger partial charge in [-0.05, 0) is 12.1 Å². The molecule has 1 aromatic heterocycles. The maximum Gasteiger partial charge on any atom is 0.356 e. The summed E-state index contributed by atoms with van der Waals surface area (Å²) in [6, 6.07) is 2.16. The molecule has 7 heteroatoms. The van der Waals surface area contributed by atoms with Gasteiger partial charge in [-0.3, -0.25) is 0 Å². The normalized spacial score (nSPS) is 10.3. The highest BCUT2D eigenvalue weighted by molar-refractivity contribution is 5.85. The summed E-state index contributed by atoms with van der Waals surface area (Å²) in [5.41, 5.74) is -0.162. The van der Waals surface area contributed by atoms with Crippen LogP contribution in [0.15, 0.2) is 12.1 Å². The van der Waals surface area contributed by atoms with E-state index < -0.39 is 12.0 Å². The van der Waals surface area contributed by atoms with Crippen LogP contribution in [0.25, 0.3) is 0 Å². The van der Waals surface area contributed by atoms with Gasteiger partial charge in [-0.25, -0.2) is 4.79 Å². The molecule has 0 unspecified atom stereocenters. The molecular formula is C8H11N3O4. The van der Waals surface area contributed by atoms with Crippen molar-refractivity contribution in [1.82, 2.24) is 10.2 Å². The first-order valence-electron chi connectivity index (χ1n) is 4.22. The minimum Gasteiger partial charge on any atom is -0.476 e. The second-order valence-electron chi connectivity index (χ2n) is 2.82. The number of aliphatic hydroxyl groups excluding tert-OH is 2. The Morgan fingerprint density at radius 3 is 2.40 bits per heavy atom. The van der Waals surface area contributed by atoms with Crippen molar-refractivity contribution in [3.05, 3.63) is 17.8 Å². The number of hydrogen-bond donors (Lipinski definition) is 4. The Kier molecular flexibility index (Phi) is 3.95. The van der Waals surface area contributed by atoms with Gasteiger partial charge in [-0.2, -0.15) is 0 Å². The number of hydrogen-bond acceptors (Lipinski definition) is 6. The zero-order valence-electron chi connectivity index (χ0n) is 7.79. The van der Waals surface area contributed by atoms with E-state index in [0.29, 0.717) is 5.82 Å². The fourth-order valence-corrected chi connectivity index (χ4v) is 0.881. The van der Waals surface area contributed by atoms with Crippen molar-refractivity contribution in [3.63, 3.8) is 0 Å². The van der Waals surface area contributed by atoms with Crippen LogP contribution in [0.1, 0.15) is 10.5 Å². The van der Waals surface area contributed by atoms with Crippen LogP contribution in [0.3, 0.4) is 0 Å². The van der Waals surface area contributed by atoms with Crippen molar-refractivity contribution in [2.45, 2.75) is 6.04 Å². The van der Waals surface area contributed by atoms with Gasteiger partial charge in [0, 0.05) is 0 Å². The molecule has 0 fully saturated rings. The summed E-state index contributed by atoms with van der Waals surface area (Å²) in [4.78, 5) is 10.4. The van der Waals surface area contributed by atoms with Crippen LogP contribution in [0.5, 0.6) is 0 Å². The van der Waals surface area contributed by atoms with E-state index in [-0.39, 0.29) is 18.9 Å². The fraction of sp³-hybridized carbons (Fsp3) is 0.375. The van der Waals surface area contributed by atoms with Crippen molar-refractivity contribution in [2.24, 2.45) is 0 Å². The summed E-state index contributed by atoms with van der Waals surface area (Å²) in [7, 11) is 0. The van der Waals surface area contributed by atoms with E-state index >= 15 is 0 Å². The SMILES string of the molecule is O=C(O)c1ccc(NC(CO)CO)nn1. The first-order valence-corrected chi connectivity index (χ1v) is 4.22. The van der Waals surface area contributed by atoms with Gasteiger partial charge in [0.15, 0.2) is 5.69 Å². The molecule has 0 aliphatic heterocycles. The van der Waals surface area contributed by atoms with Gasteiger partial charge < -0.3 is 20.6 Å². The van der Waals surface area contributed by atoms with Gasteiger partial charge in [0.25, 0.3) is 0 Å². The molecular weight excluding hydrogens is 202 g/mol. The summed E-state index contributed by atoms with van der Waals surface area (Å²) >= 11 is 0. The average molecular weight is 213 g/mol. The molecule has 1 heterocycles. The third-order valence-corrected chi connectivity index (χ3v) is 1.68. The largest absolute Gasteiger partial charge is 0.476 e. The molecule has 0 radical (unpaired) electrons. The van der Waals surface area contributed by atoms with E-state index in [0.717, 1.165) is 0 Å². The molecule has 1 aromatic rings. The lowest BCUT2D eigenvalue weighted by atomic mass is 10.3. The molecule has 0 bridgehead atoms. The molecule has 0 atom stereocenters. The second kappa shape index (κ2) is 5.23. The van der Waals surface area contributed by atoms with E-state index in [1.54, 1.807) is 0 Å². The summed E-state index contributed by atoms with van der Waals surface area (Å²) < 4.78 is 0. The zero-order valence-corrected chi connectivity index (χ0v) is 7.79. The third-order valence-electron chi connectivity index (χ3n) is 1.68. The predicted molar refractivity (Wildman–Crippen MR) is 50.6 cm³/mol. The lowest BCUT2D eigenvalue weighted by Crippen LogP contribution is -2.28. The number of anilines is 1. The van der Waals surface area contributed by atoms with Gasteiger partial charge in [0.1, 0.15) is 5.82 Å². The Balaban J connectivity index is 2.67. The lowest BCUT2D eigenvalue weighted by molar-refractivity contribution is 0.0689. The van der Waals surface area contributed by atoms with E-state index in [4.69, 9.17) is 15.3 Å². The number of nitrogens with zero attached hydrogens (tertiary/aromatic N) is 2. The Morgan fingerprint density at radius 2 is 2.00 bits per heavy atom. The van der Waals surface area contributed by atoms with Crippen molar-refractivity contribution >= 4 is 11.8 Å². The maximum absolute atomic E-state index is 10.4. The number of aromatic nitrogens is 2. The number of nitrogens with one attached hydrogen (secondary N) is 1. The molecule has 15 heavy (non-hydrogen) atoms. The quantitative estimate of drug-likeness (QED) is 0.492. The van der Waals surface area contributed by atoms with Gasteiger partial charge in [-0.15, -0.1) is 10.2 Å². The van der Waals surface area contributed by atoms with Crippen LogP contribution in [-0.2, 0) is 0 Å². The molecule has 0 amide bonds. The minimum atomic E-state index is -1.16. The van der Waals surface area contributed by atoms with Crippen LogP contribution in [0.2, 0.25) is 0 Å². The second-order valence-corrected chi connectivity index (χ2v) is 2.82. The van der Waals surface area contributed by atoms with Crippen LogP contribution in [0, 0.1) is 0 Å². The number of carboxylic acid groups (broad SMARTS) is 1. The molecule has 0 spiro atoms. The Labute approximate surface area is 85.4 Å². The Bertz CT molecular complexity index is 323. The summed E-state index contributed by atoms with van der Waals surface area (Å²) in [5.74, 6) is -0.858. The first-order chi connectivity index (χ1) is 7.17. The van der Waals surface area contributed by atoms with E-state index in [1.165, 1.54) is 12.1 Å². The van der Waals surface area contributed by atoms with Gasteiger partial charge in [-0.1, -0.05) is 0 Å². The molecule has 0 saturated carbocycles. The van der Waals surface area contributed by atoms with Gasteiger partial charge >= 0.3 is 5.97 Å². The number of aromatic carboxylic acids is 1. The van der Waals surface area contributed by atoms with E-state index in [9.17, 15) is 4.79 Å². The zero-order chi connectivity index (χ0) is 11.3. The molecule has 82 valence electrons. The average Bonchev–Trinajstić information content (AvgIpc) is 2.26. The van der Waals surface area contributed by atoms with Crippen molar-refractivity contribution in [1.29, 1.82) is 0 Å². The monoisotopic (exact) mass is 213 g/mol. The smallest absolute Gasteiger partial charge is 0.356 e. The summed E-state index contributed by atoms with van der Waals surface area (Å²) in [6.07, 6.45) is 0. The number of rotatable bonds is 5. The Hall–Kier alpha value is -1.73. The van der Waals surface area contributed by atoms with Crippen LogP contribution in [0.4, 0.5) is 5.82 Å². The van der Waals surface area contributed by atoms with Gasteiger partial charge in [0.05, 0.1) is 19.3 Å². The molecule has 0 saturated heterocycles. The van der Waals surface area contributed by atoms with E-state index in [2.05, 4.69) is 15.5 Å². The highest BCUT2D eigenvalue weighted by Gasteiger charge is 2.08. The molecule has 7 nitrogen and oxygen atoms in total. The molecule has 4 N–H and O–H groups in total.